The van der Waals surface area contributed by atoms with E-state index in [1.165, 1.54) is 36.6 Å². The van der Waals surface area contributed by atoms with E-state index < -0.39 is 0 Å². The molecule has 1 aromatic rings. The maximum atomic E-state index is 4.33. The van der Waals surface area contributed by atoms with Crippen molar-refractivity contribution in [3.63, 3.8) is 0 Å². The van der Waals surface area contributed by atoms with Crippen molar-refractivity contribution in [1.82, 2.24) is 9.97 Å². The lowest BCUT2D eigenvalue weighted by Gasteiger charge is -2.05. The van der Waals surface area contributed by atoms with Crippen LogP contribution in [-0.2, 0) is 0 Å². The van der Waals surface area contributed by atoms with Crippen LogP contribution in [0.25, 0.3) is 0 Å². The predicted molar refractivity (Wildman–Crippen MR) is 67.2 cm³/mol. The third-order valence-corrected chi connectivity index (χ3v) is 3.02. The van der Waals surface area contributed by atoms with Gasteiger partial charge in [-0.25, -0.2) is 9.97 Å². The molecule has 0 aliphatic heterocycles. The standard InChI is InChI=1S/C13H14N2S/c1-16-13-14-10-9-12(15-13)8-7-11-5-3-2-4-6-11/h5,9-10H,2-4,6H2,1H3. The monoisotopic (exact) mass is 230 g/mol. The van der Waals surface area contributed by atoms with Gasteiger partial charge in [-0.3, -0.25) is 0 Å². The Labute approximate surface area is 101 Å². The molecule has 0 spiro atoms. The molecule has 0 N–H and O–H groups in total. The summed E-state index contributed by atoms with van der Waals surface area (Å²) < 4.78 is 0. The highest BCUT2D eigenvalue weighted by Crippen LogP contribution is 2.16. The number of thioether (sulfide) groups is 1. The number of allylic oxidation sites excluding steroid dienone is 2. The Morgan fingerprint density at radius 2 is 2.25 bits per heavy atom. The third-order valence-electron chi connectivity index (χ3n) is 2.46. The van der Waals surface area contributed by atoms with E-state index in [0.717, 1.165) is 17.3 Å². The highest BCUT2D eigenvalue weighted by Gasteiger charge is 2.00. The van der Waals surface area contributed by atoms with Crippen LogP contribution in [0.4, 0.5) is 0 Å². The molecule has 1 aliphatic carbocycles. The number of hydrogen-bond donors (Lipinski definition) is 0. The van der Waals surface area contributed by atoms with Crippen LogP contribution >= 0.6 is 11.8 Å². The topological polar surface area (TPSA) is 25.8 Å². The van der Waals surface area contributed by atoms with E-state index in [1.54, 1.807) is 6.20 Å². The van der Waals surface area contributed by atoms with Gasteiger partial charge in [-0.1, -0.05) is 23.8 Å². The minimum Gasteiger partial charge on any atom is -0.231 e. The summed E-state index contributed by atoms with van der Waals surface area (Å²) in [6.07, 6.45) is 10.8. The summed E-state index contributed by atoms with van der Waals surface area (Å²) in [6, 6.07) is 1.86. The second-order valence-corrected chi connectivity index (χ2v) is 4.43. The first-order chi connectivity index (χ1) is 7.88. The Balaban J connectivity index is 2.13. The lowest BCUT2D eigenvalue weighted by Crippen LogP contribution is -1.90. The third kappa shape index (κ3) is 3.11. The molecule has 0 atom stereocenters. The molecule has 0 radical (unpaired) electrons. The van der Waals surface area contributed by atoms with E-state index >= 15 is 0 Å². The molecule has 2 rings (SSSR count). The van der Waals surface area contributed by atoms with E-state index in [1.807, 2.05) is 12.3 Å². The maximum absolute atomic E-state index is 4.33. The number of hydrogen-bond acceptors (Lipinski definition) is 3. The molecule has 1 aliphatic rings. The van der Waals surface area contributed by atoms with E-state index in [2.05, 4.69) is 27.9 Å². The molecule has 0 aromatic carbocycles. The Bertz CT molecular complexity index is 454. The van der Waals surface area contributed by atoms with Crippen molar-refractivity contribution in [2.24, 2.45) is 0 Å². The highest BCUT2D eigenvalue weighted by molar-refractivity contribution is 7.98. The van der Waals surface area contributed by atoms with Gasteiger partial charge < -0.3 is 0 Å². The Morgan fingerprint density at radius 1 is 1.31 bits per heavy atom. The van der Waals surface area contributed by atoms with Crippen LogP contribution in [0.2, 0.25) is 0 Å². The second-order valence-electron chi connectivity index (χ2n) is 3.65. The van der Waals surface area contributed by atoms with Crippen molar-refractivity contribution >= 4 is 11.8 Å². The SMILES string of the molecule is CSc1nccc(C#CC2=CCCCC2)n1. The largest absolute Gasteiger partial charge is 0.231 e. The van der Waals surface area contributed by atoms with Gasteiger partial charge in [0.05, 0.1) is 0 Å². The Hall–Kier alpha value is -1.27. The summed E-state index contributed by atoms with van der Waals surface area (Å²) in [7, 11) is 0. The zero-order chi connectivity index (χ0) is 11.2. The molecule has 0 unspecified atom stereocenters. The quantitative estimate of drug-likeness (QED) is 0.421. The summed E-state index contributed by atoms with van der Waals surface area (Å²) in [5, 5.41) is 0.782. The first-order valence-electron chi connectivity index (χ1n) is 5.46. The van der Waals surface area contributed by atoms with E-state index in [9.17, 15) is 0 Å². The van der Waals surface area contributed by atoms with Crippen LogP contribution < -0.4 is 0 Å². The molecule has 0 saturated carbocycles. The van der Waals surface area contributed by atoms with Crippen molar-refractivity contribution in [1.29, 1.82) is 0 Å². The molecule has 0 amide bonds. The van der Waals surface area contributed by atoms with Crippen LogP contribution in [0.3, 0.4) is 0 Å². The molecular weight excluding hydrogens is 216 g/mol. The fourth-order valence-corrected chi connectivity index (χ4v) is 1.96. The highest BCUT2D eigenvalue weighted by atomic mass is 32.2. The number of nitrogens with zero attached hydrogens (tertiary/aromatic N) is 2. The van der Waals surface area contributed by atoms with Crippen LogP contribution in [-0.4, -0.2) is 16.2 Å². The van der Waals surface area contributed by atoms with Gasteiger partial charge in [-0.05, 0) is 49.5 Å². The van der Waals surface area contributed by atoms with Crippen molar-refractivity contribution in [3.05, 3.63) is 29.6 Å². The summed E-state index contributed by atoms with van der Waals surface area (Å²) >= 11 is 1.54. The maximum Gasteiger partial charge on any atom is 0.188 e. The van der Waals surface area contributed by atoms with Gasteiger partial charge in [0, 0.05) is 6.20 Å². The summed E-state index contributed by atoms with van der Waals surface area (Å²) in [5.41, 5.74) is 2.07. The van der Waals surface area contributed by atoms with Gasteiger partial charge >= 0.3 is 0 Å². The van der Waals surface area contributed by atoms with Crippen LogP contribution in [0.15, 0.2) is 29.1 Å². The molecule has 1 heterocycles. The minimum atomic E-state index is 0.782. The smallest absolute Gasteiger partial charge is 0.188 e. The van der Waals surface area contributed by atoms with E-state index in [4.69, 9.17) is 0 Å². The minimum absolute atomic E-state index is 0.782. The predicted octanol–water partition coefficient (Wildman–Crippen LogP) is 3.05. The fourth-order valence-electron chi connectivity index (χ4n) is 1.60. The van der Waals surface area contributed by atoms with Gasteiger partial charge in [-0.15, -0.1) is 0 Å². The normalized spacial score (nSPS) is 14.9. The molecule has 3 heteroatoms. The average Bonchev–Trinajstić information content (AvgIpc) is 2.38. The molecule has 2 nitrogen and oxygen atoms in total. The van der Waals surface area contributed by atoms with Gasteiger partial charge in [0.2, 0.25) is 0 Å². The zero-order valence-corrected chi connectivity index (χ0v) is 10.2. The van der Waals surface area contributed by atoms with Crippen molar-refractivity contribution in [2.75, 3.05) is 6.26 Å². The van der Waals surface area contributed by atoms with Gasteiger partial charge in [0.25, 0.3) is 0 Å². The Kier molecular flexibility index (Phi) is 4.01. The van der Waals surface area contributed by atoms with Crippen molar-refractivity contribution in [3.8, 4) is 11.8 Å². The zero-order valence-electron chi connectivity index (χ0n) is 9.36. The van der Waals surface area contributed by atoms with Gasteiger partial charge in [0.1, 0.15) is 5.69 Å². The second kappa shape index (κ2) is 5.72. The van der Waals surface area contributed by atoms with Gasteiger partial charge in [0.15, 0.2) is 5.16 Å². The molecular formula is C13H14N2S. The van der Waals surface area contributed by atoms with Gasteiger partial charge in [-0.2, -0.15) is 0 Å². The molecule has 0 bridgehead atoms. The molecule has 1 aromatic heterocycles. The first-order valence-corrected chi connectivity index (χ1v) is 6.69. The molecule has 82 valence electrons. The average molecular weight is 230 g/mol. The fraction of sp³-hybridized carbons (Fsp3) is 0.385. The van der Waals surface area contributed by atoms with Crippen LogP contribution in [0.1, 0.15) is 31.4 Å². The summed E-state index contributed by atoms with van der Waals surface area (Å²) in [6.45, 7) is 0. The van der Waals surface area contributed by atoms with E-state index in [0.29, 0.717) is 0 Å². The first kappa shape index (κ1) is 11.2. The van der Waals surface area contributed by atoms with Crippen molar-refractivity contribution in [2.45, 2.75) is 30.8 Å². The lowest BCUT2D eigenvalue weighted by atomic mass is 10.00. The molecule has 0 saturated heterocycles. The van der Waals surface area contributed by atoms with Crippen molar-refractivity contribution < 1.29 is 0 Å². The summed E-state index contributed by atoms with van der Waals surface area (Å²) in [4.78, 5) is 8.45. The van der Waals surface area contributed by atoms with Crippen LogP contribution in [0, 0.1) is 11.8 Å². The number of rotatable bonds is 1. The van der Waals surface area contributed by atoms with Crippen LogP contribution in [0.5, 0.6) is 0 Å². The Morgan fingerprint density at radius 3 is 3.00 bits per heavy atom. The summed E-state index contributed by atoms with van der Waals surface area (Å²) in [5.74, 6) is 6.31. The molecule has 16 heavy (non-hydrogen) atoms. The number of aromatic nitrogens is 2. The van der Waals surface area contributed by atoms with E-state index in [-0.39, 0.29) is 0 Å². The molecule has 0 fully saturated rings. The lowest BCUT2D eigenvalue weighted by molar-refractivity contribution is 0.715.